The van der Waals surface area contributed by atoms with Crippen LogP contribution in [0.3, 0.4) is 0 Å². The molecule has 0 atom stereocenters. The van der Waals surface area contributed by atoms with Gasteiger partial charge in [0.15, 0.2) is 12.4 Å². The molecule has 0 spiro atoms. The summed E-state index contributed by atoms with van der Waals surface area (Å²) in [6, 6.07) is 22.1. The number of benzene rings is 3. The minimum absolute atomic E-state index is 0.106. The molecule has 27 heavy (non-hydrogen) atoms. The van der Waals surface area contributed by atoms with E-state index in [1.165, 1.54) is 0 Å². The summed E-state index contributed by atoms with van der Waals surface area (Å²) in [5.74, 6) is 2.32. The predicted octanol–water partition coefficient (Wildman–Crippen LogP) is 4.81. The number of methoxy groups -OCH3 is 1. The maximum Gasteiger partial charge on any atom is 0.262 e. The number of anilines is 1. The van der Waals surface area contributed by atoms with Crippen LogP contribution in [-0.2, 0) is 4.79 Å². The highest BCUT2D eigenvalue weighted by molar-refractivity contribution is 5.93. The van der Waals surface area contributed by atoms with Crippen molar-refractivity contribution < 1.29 is 19.0 Å². The summed E-state index contributed by atoms with van der Waals surface area (Å²) in [5, 5.41) is 2.82. The molecular weight excluding hydrogens is 342 g/mol. The summed E-state index contributed by atoms with van der Waals surface area (Å²) >= 11 is 0. The van der Waals surface area contributed by atoms with Gasteiger partial charge in [-0.05, 0) is 55.5 Å². The summed E-state index contributed by atoms with van der Waals surface area (Å²) in [4.78, 5) is 12.2. The molecular formula is C22H21NO4. The standard InChI is InChI=1S/C22H21NO4/c1-16-7-9-19(10-8-16)27-21-6-4-3-5-20(21)23-22(24)15-26-18-13-11-17(25-2)12-14-18/h3-14H,15H2,1-2H3,(H,23,24). The summed E-state index contributed by atoms with van der Waals surface area (Å²) in [6.45, 7) is 1.91. The molecule has 138 valence electrons. The molecule has 0 aliphatic rings. The molecule has 0 saturated heterocycles. The maximum atomic E-state index is 12.2. The third-order valence-electron chi connectivity index (χ3n) is 3.84. The average Bonchev–Trinajstić information content (AvgIpc) is 2.70. The number of hydrogen-bond acceptors (Lipinski definition) is 4. The van der Waals surface area contributed by atoms with Gasteiger partial charge < -0.3 is 19.5 Å². The van der Waals surface area contributed by atoms with Gasteiger partial charge in [-0.15, -0.1) is 0 Å². The lowest BCUT2D eigenvalue weighted by molar-refractivity contribution is -0.118. The lowest BCUT2D eigenvalue weighted by Gasteiger charge is -2.13. The van der Waals surface area contributed by atoms with Gasteiger partial charge in [-0.1, -0.05) is 29.8 Å². The van der Waals surface area contributed by atoms with Crippen LogP contribution in [-0.4, -0.2) is 19.6 Å². The number of rotatable bonds is 7. The van der Waals surface area contributed by atoms with Crippen molar-refractivity contribution in [2.45, 2.75) is 6.92 Å². The molecule has 3 aromatic rings. The number of carbonyl (C=O) groups is 1. The van der Waals surface area contributed by atoms with Gasteiger partial charge in [0, 0.05) is 0 Å². The Morgan fingerprint density at radius 2 is 1.48 bits per heavy atom. The Labute approximate surface area is 158 Å². The topological polar surface area (TPSA) is 56.8 Å². The van der Waals surface area contributed by atoms with Crippen molar-refractivity contribution in [1.29, 1.82) is 0 Å². The van der Waals surface area contributed by atoms with E-state index in [0.717, 1.165) is 11.3 Å². The Bertz CT molecular complexity index is 889. The van der Waals surface area contributed by atoms with E-state index in [0.29, 0.717) is 22.9 Å². The lowest BCUT2D eigenvalue weighted by Crippen LogP contribution is -2.20. The van der Waals surface area contributed by atoms with Gasteiger partial charge in [0.05, 0.1) is 12.8 Å². The van der Waals surface area contributed by atoms with Gasteiger partial charge in [-0.3, -0.25) is 4.79 Å². The molecule has 0 heterocycles. The van der Waals surface area contributed by atoms with E-state index < -0.39 is 0 Å². The number of nitrogens with one attached hydrogen (secondary N) is 1. The first-order chi connectivity index (χ1) is 13.1. The van der Waals surface area contributed by atoms with Crippen molar-refractivity contribution in [3.63, 3.8) is 0 Å². The monoisotopic (exact) mass is 363 g/mol. The van der Waals surface area contributed by atoms with E-state index >= 15 is 0 Å². The Morgan fingerprint density at radius 3 is 2.19 bits per heavy atom. The second kappa shape index (κ2) is 8.76. The first-order valence-corrected chi connectivity index (χ1v) is 8.54. The molecule has 5 nitrogen and oxygen atoms in total. The van der Waals surface area contributed by atoms with E-state index in [1.807, 2.05) is 43.3 Å². The van der Waals surface area contributed by atoms with Crippen LogP contribution in [0.4, 0.5) is 5.69 Å². The molecule has 3 aromatic carbocycles. The third-order valence-corrected chi connectivity index (χ3v) is 3.84. The Balaban J connectivity index is 1.61. The predicted molar refractivity (Wildman–Crippen MR) is 105 cm³/mol. The molecule has 0 saturated carbocycles. The summed E-state index contributed by atoms with van der Waals surface area (Å²) in [7, 11) is 1.60. The average molecular weight is 363 g/mol. The minimum Gasteiger partial charge on any atom is -0.497 e. The van der Waals surface area contributed by atoms with Crippen molar-refractivity contribution in [1.82, 2.24) is 0 Å². The number of para-hydroxylation sites is 2. The molecule has 1 amide bonds. The van der Waals surface area contributed by atoms with Crippen molar-refractivity contribution in [3.8, 4) is 23.0 Å². The number of amides is 1. The summed E-state index contributed by atoms with van der Waals surface area (Å²) in [5.41, 5.74) is 1.74. The van der Waals surface area contributed by atoms with Crippen LogP contribution in [0.25, 0.3) is 0 Å². The van der Waals surface area contributed by atoms with E-state index in [-0.39, 0.29) is 12.5 Å². The molecule has 0 aromatic heterocycles. The molecule has 0 fully saturated rings. The molecule has 0 aliphatic carbocycles. The highest BCUT2D eigenvalue weighted by atomic mass is 16.5. The van der Waals surface area contributed by atoms with E-state index in [2.05, 4.69) is 5.32 Å². The van der Waals surface area contributed by atoms with Crippen molar-refractivity contribution in [3.05, 3.63) is 78.4 Å². The van der Waals surface area contributed by atoms with Crippen molar-refractivity contribution in [2.24, 2.45) is 0 Å². The van der Waals surface area contributed by atoms with Gasteiger partial charge in [-0.25, -0.2) is 0 Å². The fraction of sp³-hybridized carbons (Fsp3) is 0.136. The van der Waals surface area contributed by atoms with Crippen LogP contribution in [0.15, 0.2) is 72.8 Å². The Hall–Kier alpha value is -3.47. The van der Waals surface area contributed by atoms with Crippen LogP contribution < -0.4 is 19.5 Å². The van der Waals surface area contributed by atoms with Gasteiger partial charge in [0.25, 0.3) is 5.91 Å². The second-order valence-corrected chi connectivity index (χ2v) is 5.92. The maximum absolute atomic E-state index is 12.2. The first-order valence-electron chi connectivity index (χ1n) is 8.54. The molecule has 0 aliphatic heterocycles. The largest absolute Gasteiger partial charge is 0.497 e. The zero-order chi connectivity index (χ0) is 19.1. The number of ether oxygens (including phenoxy) is 3. The van der Waals surface area contributed by atoms with E-state index in [1.54, 1.807) is 43.5 Å². The zero-order valence-corrected chi connectivity index (χ0v) is 15.3. The normalized spacial score (nSPS) is 10.1. The van der Waals surface area contributed by atoms with Crippen LogP contribution >= 0.6 is 0 Å². The molecule has 0 radical (unpaired) electrons. The van der Waals surface area contributed by atoms with Crippen LogP contribution in [0, 0.1) is 6.92 Å². The number of carbonyl (C=O) groups excluding carboxylic acids is 1. The fourth-order valence-electron chi connectivity index (χ4n) is 2.40. The van der Waals surface area contributed by atoms with E-state index in [9.17, 15) is 4.79 Å². The smallest absolute Gasteiger partial charge is 0.262 e. The molecule has 0 bridgehead atoms. The lowest BCUT2D eigenvalue weighted by atomic mass is 10.2. The van der Waals surface area contributed by atoms with Crippen LogP contribution in [0.5, 0.6) is 23.0 Å². The summed E-state index contributed by atoms with van der Waals surface area (Å²) in [6.07, 6.45) is 0. The third kappa shape index (κ3) is 5.25. The second-order valence-electron chi connectivity index (χ2n) is 5.92. The fourth-order valence-corrected chi connectivity index (χ4v) is 2.40. The molecule has 1 N–H and O–H groups in total. The van der Waals surface area contributed by atoms with Crippen LogP contribution in [0.1, 0.15) is 5.56 Å². The summed E-state index contributed by atoms with van der Waals surface area (Å²) < 4.78 is 16.5. The van der Waals surface area contributed by atoms with Crippen LogP contribution in [0.2, 0.25) is 0 Å². The van der Waals surface area contributed by atoms with E-state index in [4.69, 9.17) is 14.2 Å². The van der Waals surface area contributed by atoms with Crippen molar-refractivity contribution in [2.75, 3.05) is 19.0 Å². The highest BCUT2D eigenvalue weighted by Crippen LogP contribution is 2.29. The zero-order valence-electron chi connectivity index (χ0n) is 15.3. The van der Waals surface area contributed by atoms with Crippen molar-refractivity contribution >= 4 is 11.6 Å². The van der Waals surface area contributed by atoms with Gasteiger partial charge in [-0.2, -0.15) is 0 Å². The highest BCUT2D eigenvalue weighted by Gasteiger charge is 2.09. The quantitative estimate of drug-likeness (QED) is 0.654. The van der Waals surface area contributed by atoms with Gasteiger partial charge in [0.1, 0.15) is 17.2 Å². The Morgan fingerprint density at radius 1 is 0.852 bits per heavy atom. The van der Waals surface area contributed by atoms with Gasteiger partial charge >= 0.3 is 0 Å². The minimum atomic E-state index is -0.272. The number of aryl methyl sites for hydroxylation is 1. The molecule has 3 rings (SSSR count). The number of hydrogen-bond donors (Lipinski definition) is 1. The van der Waals surface area contributed by atoms with Gasteiger partial charge in [0.2, 0.25) is 0 Å². The Kier molecular flexibility index (Phi) is 5.94. The molecule has 0 unspecified atom stereocenters. The molecule has 5 heteroatoms. The SMILES string of the molecule is COc1ccc(OCC(=O)Nc2ccccc2Oc2ccc(C)cc2)cc1. The first kappa shape index (κ1) is 18.3.